The molecule has 2 aliphatic rings. The lowest BCUT2D eigenvalue weighted by atomic mass is 9.98. The predicted octanol–water partition coefficient (Wildman–Crippen LogP) is 3.36. The zero-order chi connectivity index (χ0) is 18.2. The second-order valence-electron chi connectivity index (χ2n) is 6.29. The van der Waals surface area contributed by atoms with Crippen LogP contribution in [0.15, 0.2) is 83.5 Å². The van der Waals surface area contributed by atoms with Gasteiger partial charge in [0.2, 0.25) is 0 Å². The smallest absolute Gasteiger partial charge is 0.135 e. The van der Waals surface area contributed by atoms with E-state index in [0.717, 1.165) is 54.6 Å². The third kappa shape index (κ3) is 4.64. The number of amidine groups is 1. The van der Waals surface area contributed by atoms with E-state index in [1.165, 1.54) is 0 Å². The average molecular weight is 347 g/mol. The summed E-state index contributed by atoms with van der Waals surface area (Å²) < 4.78 is 0. The summed E-state index contributed by atoms with van der Waals surface area (Å²) in [6.45, 7) is 9.56. The van der Waals surface area contributed by atoms with Crippen LogP contribution in [0.2, 0.25) is 0 Å². The topological polar surface area (TPSA) is 61.7 Å². The van der Waals surface area contributed by atoms with Gasteiger partial charge in [-0.1, -0.05) is 19.2 Å². The largest absolute Gasteiger partial charge is 0.340 e. The lowest BCUT2D eigenvalue weighted by Gasteiger charge is -2.22. The number of pyridine rings is 1. The zero-order valence-electron chi connectivity index (χ0n) is 15.0. The Hall–Kier alpha value is -2.79. The van der Waals surface area contributed by atoms with Crippen LogP contribution in [0, 0.1) is 5.92 Å². The maximum absolute atomic E-state index is 4.94. The minimum atomic E-state index is 0.319. The molecule has 2 aliphatic heterocycles. The number of aliphatic imine (C=N–C) groups is 2. The number of hydrogen-bond acceptors (Lipinski definition) is 5. The molecule has 26 heavy (non-hydrogen) atoms. The van der Waals surface area contributed by atoms with Crippen LogP contribution in [0.4, 0.5) is 0 Å². The van der Waals surface area contributed by atoms with Crippen molar-refractivity contribution in [1.82, 2.24) is 15.6 Å². The molecule has 0 radical (unpaired) electrons. The first-order valence-electron chi connectivity index (χ1n) is 8.99. The van der Waals surface area contributed by atoms with Crippen molar-refractivity contribution >= 4 is 11.5 Å². The third-order valence-corrected chi connectivity index (χ3v) is 4.44. The van der Waals surface area contributed by atoms with E-state index in [-0.39, 0.29) is 0 Å². The zero-order valence-corrected chi connectivity index (χ0v) is 15.0. The molecule has 1 atom stereocenters. The van der Waals surface area contributed by atoms with E-state index >= 15 is 0 Å². The summed E-state index contributed by atoms with van der Waals surface area (Å²) in [7, 11) is 0. The number of aromatic nitrogens is 1. The van der Waals surface area contributed by atoms with E-state index in [9.17, 15) is 0 Å². The Labute approximate surface area is 155 Å². The molecule has 3 heterocycles. The van der Waals surface area contributed by atoms with Crippen LogP contribution in [0.3, 0.4) is 0 Å². The van der Waals surface area contributed by atoms with Crippen molar-refractivity contribution in [2.75, 3.05) is 13.1 Å². The summed E-state index contributed by atoms with van der Waals surface area (Å²) in [4.78, 5) is 13.9. The van der Waals surface area contributed by atoms with Gasteiger partial charge in [0.15, 0.2) is 0 Å². The molecule has 0 bridgehead atoms. The van der Waals surface area contributed by atoms with Crippen LogP contribution in [0.5, 0.6) is 0 Å². The Kier molecular flexibility index (Phi) is 6.28. The van der Waals surface area contributed by atoms with Crippen molar-refractivity contribution in [3.63, 3.8) is 0 Å². The molecule has 1 unspecified atom stereocenters. The molecule has 3 rings (SSSR count). The average Bonchev–Trinajstić information content (AvgIpc) is 2.92. The Morgan fingerprint density at radius 2 is 2.08 bits per heavy atom. The molecule has 0 amide bonds. The molecule has 5 heteroatoms. The highest BCUT2D eigenvalue weighted by Gasteiger charge is 2.21. The van der Waals surface area contributed by atoms with Crippen LogP contribution in [-0.4, -0.2) is 29.6 Å². The van der Waals surface area contributed by atoms with Gasteiger partial charge in [-0.05, 0) is 55.3 Å². The molecule has 0 saturated carbocycles. The van der Waals surface area contributed by atoms with Crippen LogP contribution in [0.25, 0.3) is 0 Å². The molecule has 2 N–H and O–H groups in total. The summed E-state index contributed by atoms with van der Waals surface area (Å²) >= 11 is 0. The molecule has 0 aliphatic carbocycles. The van der Waals surface area contributed by atoms with Crippen molar-refractivity contribution in [3.05, 3.63) is 79.1 Å². The fourth-order valence-electron chi connectivity index (χ4n) is 3.07. The highest BCUT2D eigenvalue weighted by molar-refractivity contribution is 6.09. The summed E-state index contributed by atoms with van der Waals surface area (Å²) in [6, 6.07) is 3.99. The molecular weight excluding hydrogens is 322 g/mol. The fourth-order valence-corrected chi connectivity index (χ4v) is 3.07. The van der Waals surface area contributed by atoms with Gasteiger partial charge >= 0.3 is 0 Å². The molecular formula is C21H25N5. The van der Waals surface area contributed by atoms with Gasteiger partial charge in [-0.2, -0.15) is 0 Å². The normalized spacial score (nSPS) is 21.0. The van der Waals surface area contributed by atoms with Gasteiger partial charge in [0.05, 0.1) is 5.71 Å². The fraction of sp³-hybridized carbons (Fsp3) is 0.286. The maximum atomic E-state index is 4.94. The highest BCUT2D eigenvalue weighted by atomic mass is 15.1. The Balaban J connectivity index is 1.93. The van der Waals surface area contributed by atoms with Gasteiger partial charge in [-0.3, -0.25) is 4.98 Å². The summed E-state index contributed by atoms with van der Waals surface area (Å²) in [5, 5.41) is 6.78. The van der Waals surface area contributed by atoms with Gasteiger partial charge in [-0.25, -0.2) is 9.98 Å². The van der Waals surface area contributed by atoms with Crippen LogP contribution in [0.1, 0.15) is 24.8 Å². The second-order valence-corrected chi connectivity index (χ2v) is 6.29. The highest BCUT2D eigenvalue weighted by Crippen LogP contribution is 2.19. The molecule has 1 fully saturated rings. The Bertz CT molecular complexity index is 765. The first-order chi connectivity index (χ1) is 12.8. The predicted molar refractivity (Wildman–Crippen MR) is 108 cm³/mol. The SMILES string of the molecule is C=C/C=C(\C=C)NC1=CCC(c2ccncc2)=NC(C2CCCNC2)=N1. The molecule has 134 valence electrons. The maximum Gasteiger partial charge on any atom is 0.135 e. The quantitative estimate of drug-likeness (QED) is 0.776. The van der Waals surface area contributed by atoms with E-state index in [0.29, 0.717) is 12.3 Å². The number of piperidine rings is 1. The molecule has 1 saturated heterocycles. The van der Waals surface area contributed by atoms with Crippen LogP contribution >= 0.6 is 0 Å². The van der Waals surface area contributed by atoms with Crippen LogP contribution in [-0.2, 0) is 0 Å². The Morgan fingerprint density at radius 3 is 2.77 bits per heavy atom. The molecule has 0 aromatic carbocycles. The molecule has 0 spiro atoms. The minimum Gasteiger partial charge on any atom is -0.340 e. The van der Waals surface area contributed by atoms with Crippen LogP contribution < -0.4 is 10.6 Å². The summed E-state index contributed by atoms with van der Waals surface area (Å²) in [5.41, 5.74) is 2.96. The molecule has 1 aromatic heterocycles. The van der Waals surface area contributed by atoms with Gasteiger partial charge < -0.3 is 10.6 Å². The first-order valence-corrected chi connectivity index (χ1v) is 8.99. The Morgan fingerprint density at radius 1 is 1.23 bits per heavy atom. The number of nitrogens with zero attached hydrogens (tertiary/aromatic N) is 3. The van der Waals surface area contributed by atoms with E-state index in [1.807, 2.05) is 18.2 Å². The van der Waals surface area contributed by atoms with Gasteiger partial charge in [0.1, 0.15) is 11.7 Å². The van der Waals surface area contributed by atoms with E-state index in [2.05, 4.69) is 34.9 Å². The van der Waals surface area contributed by atoms with Crippen molar-refractivity contribution < 1.29 is 0 Å². The van der Waals surface area contributed by atoms with Gasteiger partial charge in [-0.15, -0.1) is 0 Å². The van der Waals surface area contributed by atoms with Gasteiger partial charge in [0.25, 0.3) is 0 Å². The number of allylic oxidation sites excluding steroid dienone is 4. The monoisotopic (exact) mass is 347 g/mol. The van der Waals surface area contributed by atoms with Gasteiger partial charge in [0, 0.05) is 37.0 Å². The van der Waals surface area contributed by atoms with E-state index < -0.39 is 0 Å². The summed E-state index contributed by atoms with van der Waals surface area (Å²) in [5.74, 6) is 1.99. The number of hydrogen-bond donors (Lipinski definition) is 2. The minimum absolute atomic E-state index is 0.319. The first kappa shape index (κ1) is 18.0. The van der Waals surface area contributed by atoms with Crippen molar-refractivity contribution in [3.8, 4) is 0 Å². The van der Waals surface area contributed by atoms with E-state index in [4.69, 9.17) is 9.98 Å². The van der Waals surface area contributed by atoms with Crippen molar-refractivity contribution in [2.24, 2.45) is 15.9 Å². The van der Waals surface area contributed by atoms with E-state index in [1.54, 1.807) is 24.5 Å². The van der Waals surface area contributed by atoms with Crippen molar-refractivity contribution in [2.45, 2.75) is 19.3 Å². The third-order valence-electron chi connectivity index (χ3n) is 4.44. The number of rotatable bonds is 6. The number of nitrogens with one attached hydrogen (secondary N) is 2. The second kappa shape index (κ2) is 9.06. The molecule has 1 aromatic rings. The lowest BCUT2D eigenvalue weighted by Crippen LogP contribution is -2.34. The molecule has 5 nitrogen and oxygen atoms in total. The summed E-state index contributed by atoms with van der Waals surface area (Å²) in [6.07, 6.45) is 14.0. The standard InChI is InChI=1S/C21H25N5/c1-3-6-18(4-2)24-20-9-8-19(16-10-13-22-14-11-16)25-21(26-20)17-7-5-12-23-15-17/h3-4,6,9-11,13-14,17,23-24H,1-2,5,7-8,12,15H2/b18-6+. The van der Waals surface area contributed by atoms with Crippen molar-refractivity contribution in [1.29, 1.82) is 0 Å². The lowest BCUT2D eigenvalue weighted by molar-refractivity contribution is 0.456.